The zero-order chi connectivity index (χ0) is 17.3. The van der Waals surface area contributed by atoms with Gasteiger partial charge in [0.15, 0.2) is 0 Å². The van der Waals surface area contributed by atoms with E-state index in [9.17, 15) is 9.18 Å². The van der Waals surface area contributed by atoms with E-state index in [1.165, 1.54) is 11.0 Å². The van der Waals surface area contributed by atoms with E-state index in [-0.39, 0.29) is 11.6 Å². The van der Waals surface area contributed by atoms with Gasteiger partial charge < -0.3 is 9.47 Å². The van der Waals surface area contributed by atoms with Crippen LogP contribution in [0.1, 0.15) is 21.7 Å². The molecule has 0 aliphatic rings. The van der Waals surface area contributed by atoms with E-state index < -0.39 is 5.82 Å². The Morgan fingerprint density at radius 3 is 2.08 bits per heavy atom. The Labute approximate surface area is 141 Å². The Morgan fingerprint density at radius 2 is 1.50 bits per heavy atom. The normalized spacial score (nSPS) is 10.7. The molecular weight excluding hydrogens is 303 g/mol. The molecule has 0 aliphatic heterocycles. The van der Waals surface area contributed by atoms with Crippen molar-refractivity contribution in [2.45, 2.75) is 13.8 Å². The zero-order valence-electron chi connectivity index (χ0n) is 14.0. The number of benzene rings is 2. The lowest BCUT2D eigenvalue weighted by atomic mass is 10.1. The zero-order valence-corrected chi connectivity index (χ0v) is 14.0. The van der Waals surface area contributed by atoms with Crippen LogP contribution in [0.3, 0.4) is 0 Å². The molecule has 2 aromatic carbocycles. The van der Waals surface area contributed by atoms with Gasteiger partial charge in [-0.2, -0.15) is 0 Å². The fraction of sp³-hybridized carbons (Fsp3) is 0.150. The Hall–Kier alpha value is -2.88. The molecule has 0 unspecified atom stereocenters. The molecule has 3 rings (SSSR count). The number of hydrogen-bond donors (Lipinski definition) is 0. The minimum Gasteiger partial charge on any atom is -0.319 e. The van der Waals surface area contributed by atoms with Gasteiger partial charge in [0.25, 0.3) is 5.91 Å². The quantitative estimate of drug-likeness (QED) is 0.696. The SMILES string of the molecule is Cc1ccc(C)n1-c1ccc(C(=O)N(C)c2ccccc2F)cc1. The van der Waals surface area contributed by atoms with Gasteiger partial charge >= 0.3 is 0 Å². The van der Waals surface area contributed by atoms with Gasteiger partial charge in [-0.05, 0) is 62.4 Å². The predicted molar refractivity (Wildman–Crippen MR) is 94.4 cm³/mol. The summed E-state index contributed by atoms with van der Waals surface area (Å²) in [6, 6.07) is 17.7. The minimum absolute atomic E-state index is 0.243. The summed E-state index contributed by atoms with van der Waals surface area (Å²) in [6.07, 6.45) is 0. The Morgan fingerprint density at radius 1 is 0.917 bits per heavy atom. The maximum absolute atomic E-state index is 13.9. The van der Waals surface area contributed by atoms with Crippen LogP contribution in [-0.2, 0) is 0 Å². The number of aromatic nitrogens is 1. The van der Waals surface area contributed by atoms with Crippen LogP contribution in [-0.4, -0.2) is 17.5 Å². The monoisotopic (exact) mass is 322 g/mol. The fourth-order valence-corrected chi connectivity index (χ4v) is 2.86. The first-order valence-corrected chi connectivity index (χ1v) is 7.77. The van der Waals surface area contributed by atoms with Gasteiger partial charge in [0.2, 0.25) is 0 Å². The molecule has 0 N–H and O–H groups in total. The molecule has 0 saturated carbocycles. The van der Waals surface area contributed by atoms with Crippen molar-refractivity contribution in [2.24, 2.45) is 0 Å². The molecule has 4 heteroatoms. The second kappa shape index (κ2) is 6.32. The van der Waals surface area contributed by atoms with E-state index in [4.69, 9.17) is 0 Å². The highest BCUT2D eigenvalue weighted by Gasteiger charge is 2.16. The third-order valence-electron chi connectivity index (χ3n) is 4.16. The average Bonchev–Trinajstić information content (AvgIpc) is 2.93. The van der Waals surface area contributed by atoms with E-state index in [0.717, 1.165) is 17.1 Å². The van der Waals surface area contributed by atoms with Gasteiger partial charge in [-0.3, -0.25) is 4.79 Å². The van der Waals surface area contributed by atoms with Crippen LogP contribution < -0.4 is 4.90 Å². The Kier molecular flexibility index (Phi) is 4.21. The van der Waals surface area contributed by atoms with Crippen molar-refractivity contribution < 1.29 is 9.18 Å². The van der Waals surface area contributed by atoms with E-state index >= 15 is 0 Å². The lowest BCUT2D eigenvalue weighted by molar-refractivity contribution is 0.0992. The smallest absolute Gasteiger partial charge is 0.258 e. The molecular formula is C20H19FN2O. The summed E-state index contributed by atoms with van der Waals surface area (Å²) in [7, 11) is 1.58. The maximum Gasteiger partial charge on any atom is 0.258 e. The summed E-state index contributed by atoms with van der Waals surface area (Å²) in [5.74, 6) is -0.656. The van der Waals surface area contributed by atoms with Crippen LogP contribution >= 0.6 is 0 Å². The van der Waals surface area contributed by atoms with E-state index in [1.54, 1.807) is 37.4 Å². The molecule has 0 atom stereocenters. The van der Waals surface area contributed by atoms with Gasteiger partial charge in [0.1, 0.15) is 5.82 Å². The molecule has 24 heavy (non-hydrogen) atoms. The Bertz CT molecular complexity index is 861. The summed E-state index contributed by atoms with van der Waals surface area (Å²) >= 11 is 0. The lowest BCUT2D eigenvalue weighted by Crippen LogP contribution is -2.27. The van der Waals surface area contributed by atoms with Crippen molar-refractivity contribution in [2.75, 3.05) is 11.9 Å². The molecule has 0 aliphatic carbocycles. The summed E-state index contributed by atoms with van der Waals surface area (Å²) < 4.78 is 16.0. The van der Waals surface area contributed by atoms with Crippen molar-refractivity contribution in [3.63, 3.8) is 0 Å². The van der Waals surface area contributed by atoms with Gasteiger partial charge in [-0.15, -0.1) is 0 Å². The van der Waals surface area contributed by atoms with Crippen LogP contribution in [0.2, 0.25) is 0 Å². The number of rotatable bonds is 3. The van der Waals surface area contributed by atoms with Crippen molar-refractivity contribution in [1.29, 1.82) is 0 Å². The predicted octanol–water partition coefficient (Wildman–Crippen LogP) is 4.51. The summed E-state index contributed by atoms with van der Waals surface area (Å²) in [5.41, 5.74) is 4.06. The first-order valence-electron chi connectivity index (χ1n) is 7.77. The molecule has 0 bridgehead atoms. The van der Waals surface area contributed by atoms with Gasteiger partial charge in [-0.1, -0.05) is 12.1 Å². The van der Waals surface area contributed by atoms with Crippen molar-refractivity contribution in [3.05, 3.63) is 83.4 Å². The number of halogens is 1. The fourth-order valence-electron chi connectivity index (χ4n) is 2.86. The number of para-hydroxylation sites is 1. The van der Waals surface area contributed by atoms with Crippen LogP contribution in [0.15, 0.2) is 60.7 Å². The molecule has 3 nitrogen and oxygen atoms in total. The number of carbonyl (C=O) groups excluding carboxylic acids is 1. The van der Waals surface area contributed by atoms with E-state index in [0.29, 0.717) is 5.56 Å². The molecule has 3 aromatic rings. The maximum atomic E-state index is 13.9. The molecule has 0 radical (unpaired) electrons. The molecule has 0 fully saturated rings. The third-order valence-corrected chi connectivity index (χ3v) is 4.16. The van der Waals surface area contributed by atoms with E-state index in [1.807, 2.05) is 26.0 Å². The van der Waals surface area contributed by atoms with Gasteiger partial charge in [0.05, 0.1) is 5.69 Å². The largest absolute Gasteiger partial charge is 0.319 e. The van der Waals surface area contributed by atoms with Crippen molar-refractivity contribution >= 4 is 11.6 Å². The molecule has 0 spiro atoms. The summed E-state index contributed by atoms with van der Waals surface area (Å²) in [6.45, 7) is 4.08. The number of carbonyl (C=O) groups is 1. The summed E-state index contributed by atoms with van der Waals surface area (Å²) in [5, 5.41) is 0. The molecule has 1 aromatic heterocycles. The lowest BCUT2D eigenvalue weighted by Gasteiger charge is -2.18. The first-order chi connectivity index (χ1) is 11.5. The van der Waals surface area contributed by atoms with Crippen LogP contribution in [0.4, 0.5) is 10.1 Å². The highest BCUT2D eigenvalue weighted by molar-refractivity contribution is 6.05. The standard InChI is InChI=1S/C20H19FN2O/c1-14-8-9-15(2)23(14)17-12-10-16(11-13-17)20(24)22(3)19-7-5-4-6-18(19)21/h4-13H,1-3H3. The molecule has 1 heterocycles. The number of anilines is 1. The summed E-state index contributed by atoms with van der Waals surface area (Å²) in [4.78, 5) is 13.9. The van der Waals surface area contributed by atoms with Crippen LogP contribution in [0, 0.1) is 19.7 Å². The second-order valence-electron chi connectivity index (χ2n) is 5.81. The number of amides is 1. The van der Waals surface area contributed by atoms with Crippen LogP contribution in [0.25, 0.3) is 5.69 Å². The van der Waals surface area contributed by atoms with Crippen molar-refractivity contribution in [1.82, 2.24) is 4.57 Å². The molecule has 0 saturated heterocycles. The number of hydrogen-bond acceptors (Lipinski definition) is 1. The van der Waals surface area contributed by atoms with Gasteiger partial charge in [-0.25, -0.2) is 4.39 Å². The highest BCUT2D eigenvalue weighted by Crippen LogP contribution is 2.21. The van der Waals surface area contributed by atoms with E-state index in [2.05, 4.69) is 16.7 Å². The molecule has 122 valence electrons. The third kappa shape index (κ3) is 2.83. The van der Waals surface area contributed by atoms with Crippen LogP contribution in [0.5, 0.6) is 0 Å². The number of nitrogens with zero attached hydrogens (tertiary/aromatic N) is 2. The highest BCUT2D eigenvalue weighted by atomic mass is 19.1. The minimum atomic E-state index is -0.413. The van der Waals surface area contributed by atoms with Crippen molar-refractivity contribution in [3.8, 4) is 5.69 Å². The first kappa shape index (κ1) is 16.0. The molecule has 1 amide bonds. The average molecular weight is 322 g/mol. The second-order valence-corrected chi connectivity index (χ2v) is 5.81. The van der Waals surface area contributed by atoms with Gasteiger partial charge in [0, 0.05) is 29.7 Å². The Balaban J connectivity index is 1.88. The number of aryl methyl sites for hydroxylation is 2. The topological polar surface area (TPSA) is 25.2 Å².